The molecule has 0 aliphatic carbocycles. The van der Waals surface area contributed by atoms with E-state index in [1.165, 1.54) is 16.7 Å². The molecule has 1 saturated heterocycles. The van der Waals surface area contributed by atoms with Crippen LogP contribution in [0.2, 0.25) is 5.02 Å². The number of sulfonamides is 1. The van der Waals surface area contributed by atoms with Crippen molar-refractivity contribution in [2.24, 2.45) is 0 Å². The summed E-state index contributed by atoms with van der Waals surface area (Å²) in [6.07, 6.45) is -1.46. The molecule has 14 heteroatoms. The van der Waals surface area contributed by atoms with Crippen molar-refractivity contribution in [1.82, 2.24) is 24.3 Å². The first kappa shape index (κ1) is 20.0. The van der Waals surface area contributed by atoms with Crippen molar-refractivity contribution >= 4 is 54.4 Å². The van der Waals surface area contributed by atoms with E-state index in [1.54, 1.807) is 6.92 Å². The van der Waals surface area contributed by atoms with Crippen LogP contribution in [0.25, 0.3) is 16.3 Å². The standard InChI is InChI=1S/C14H11BrClF2N5O3S2/c1-14(4-26-5-14)22-28(24,25)6-2-7(16)8-9(15)19-11(23(8)3-6)13-21-20-12(27-13)10(17)18/h2-3,10,22H,4-5H2,1H3. The summed E-state index contributed by atoms with van der Waals surface area (Å²) in [6.45, 7) is 2.23. The van der Waals surface area contributed by atoms with Gasteiger partial charge in [0.05, 0.1) is 29.3 Å². The first-order valence-electron chi connectivity index (χ1n) is 7.70. The van der Waals surface area contributed by atoms with E-state index in [1.807, 2.05) is 0 Å². The Morgan fingerprint density at radius 1 is 1.43 bits per heavy atom. The second-order valence-electron chi connectivity index (χ2n) is 6.37. The van der Waals surface area contributed by atoms with Crippen LogP contribution in [0.15, 0.2) is 21.8 Å². The molecule has 1 aliphatic heterocycles. The quantitative estimate of drug-likeness (QED) is 0.561. The highest BCUT2D eigenvalue weighted by molar-refractivity contribution is 9.10. The van der Waals surface area contributed by atoms with Gasteiger partial charge in [-0.15, -0.1) is 10.2 Å². The molecule has 1 aliphatic rings. The second-order valence-corrected chi connectivity index (χ2v) is 10.2. The third kappa shape index (κ3) is 3.44. The van der Waals surface area contributed by atoms with Crippen molar-refractivity contribution in [1.29, 1.82) is 0 Å². The molecular weight excluding hydrogens is 504 g/mol. The predicted octanol–water partition coefficient (Wildman–Crippen LogP) is 3.27. The zero-order valence-electron chi connectivity index (χ0n) is 14.0. The first-order valence-corrected chi connectivity index (χ1v) is 11.2. The van der Waals surface area contributed by atoms with E-state index in [4.69, 9.17) is 16.3 Å². The lowest BCUT2D eigenvalue weighted by molar-refractivity contribution is -0.0523. The lowest BCUT2D eigenvalue weighted by Crippen LogP contribution is -2.59. The Kier molecular flexibility index (Phi) is 4.95. The van der Waals surface area contributed by atoms with E-state index < -0.39 is 27.0 Å². The van der Waals surface area contributed by atoms with Gasteiger partial charge in [-0.2, -0.15) is 0 Å². The third-order valence-electron chi connectivity index (χ3n) is 3.97. The van der Waals surface area contributed by atoms with Crippen molar-refractivity contribution in [3.8, 4) is 10.8 Å². The van der Waals surface area contributed by atoms with Crippen LogP contribution in [-0.4, -0.2) is 46.8 Å². The Hall–Kier alpha value is -1.25. The maximum Gasteiger partial charge on any atom is 0.291 e. The average Bonchev–Trinajstić information content (AvgIpc) is 3.18. The van der Waals surface area contributed by atoms with Crippen LogP contribution >= 0.6 is 38.9 Å². The smallest absolute Gasteiger partial charge is 0.291 e. The van der Waals surface area contributed by atoms with Gasteiger partial charge in [0, 0.05) is 6.20 Å². The van der Waals surface area contributed by atoms with Crippen molar-refractivity contribution < 1.29 is 21.9 Å². The fourth-order valence-corrected chi connectivity index (χ4v) is 5.80. The van der Waals surface area contributed by atoms with Crippen LogP contribution < -0.4 is 4.72 Å². The zero-order valence-corrected chi connectivity index (χ0v) is 18.0. The molecular formula is C14H11BrClF2N5O3S2. The number of pyridine rings is 1. The van der Waals surface area contributed by atoms with E-state index in [0.29, 0.717) is 21.5 Å². The minimum absolute atomic E-state index is 0.105. The van der Waals surface area contributed by atoms with Crippen molar-refractivity contribution in [3.05, 3.63) is 26.9 Å². The average molecular weight is 515 g/mol. The largest absolute Gasteiger partial charge is 0.377 e. The molecule has 150 valence electrons. The van der Waals surface area contributed by atoms with E-state index in [-0.39, 0.29) is 34.0 Å². The Balaban J connectivity index is 1.84. The summed E-state index contributed by atoms with van der Waals surface area (Å²) < 4.78 is 60.6. The maximum absolute atomic E-state index is 12.8. The Labute approximate surface area is 175 Å². The van der Waals surface area contributed by atoms with Gasteiger partial charge in [-0.05, 0) is 28.9 Å². The molecule has 0 amide bonds. The highest BCUT2D eigenvalue weighted by atomic mass is 79.9. The van der Waals surface area contributed by atoms with Gasteiger partial charge in [0.1, 0.15) is 9.50 Å². The fourth-order valence-electron chi connectivity index (χ4n) is 2.66. The second kappa shape index (κ2) is 6.92. The third-order valence-corrected chi connectivity index (χ3v) is 7.34. The fraction of sp³-hybridized carbons (Fsp3) is 0.357. The van der Waals surface area contributed by atoms with Crippen LogP contribution in [0.4, 0.5) is 8.78 Å². The van der Waals surface area contributed by atoms with Gasteiger partial charge in [0.15, 0.2) is 15.8 Å². The molecule has 4 rings (SSSR count). The summed E-state index contributed by atoms with van der Waals surface area (Å²) in [6, 6.07) is 1.29. The van der Waals surface area contributed by atoms with Gasteiger partial charge in [-0.3, -0.25) is 4.40 Å². The van der Waals surface area contributed by atoms with E-state index in [9.17, 15) is 17.2 Å². The molecule has 1 fully saturated rings. The van der Waals surface area contributed by atoms with E-state index in [0.717, 1.165) is 0 Å². The molecule has 0 radical (unpaired) electrons. The molecule has 0 saturated carbocycles. The Bertz CT molecular complexity index is 1180. The maximum atomic E-state index is 12.8. The lowest BCUT2D eigenvalue weighted by Gasteiger charge is -2.38. The minimum Gasteiger partial charge on any atom is -0.377 e. The zero-order chi connectivity index (χ0) is 20.3. The molecule has 0 atom stereocenters. The van der Waals surface area contributed by atoms with Gasteiger partial charge in [-0.1, -0.05) is 22.9 Å². The minimum atomic E-state index is -3.92. The highest BCUT2D eigenvalue weighted by Crippen LogP contribution is 2.35. The summed E-state index contributed by atoms with van der Waals surface area (Å²) in [5.41, 5.74) is -0.327. The number of hydrogen-bond donors (Lipinski definition) is 1. The molecule has 4 heterocycles. The topological polar surface area (TPSA) is 98.5 Å². The van der Waals surface area contributed by atoms with Crippen LogP contribution in [0, 0.1) is 0 Å². The molecule has 28 heavy (non-hydrogen) atoms. The molecule has 8 nitrogen and oxygen atoms in total. The first-order chi connectivity index (χ1) is 13.1. The number of hydrogen-bond acceptors (Lipinski definition) is 7. The summed E-state index contributed by atoms with van der Waals surface area (Å²) >= 11 is 10.2. The number of fused-ring (bicyclic) bond motifs is 1. The number of aromatic nitrogens is 4. The van der Waals surface area contributed by atoms with Crippen molar-refractivity contribution in [2.45, 2.75) is 23.8 Å². The molecule has 3 aromatic rings. The number of imidazole rings is 1. The molecule has 0 spiro atoms. The summed E-state index contributed by atoms with van der Waals surface area (Å²) in [5, 5.41) is 6.93. The lowest BCUT2D eigenvalue weighted by atomic mass is 10.0. The Morgan fingerprint density at radius 2 is 2.14 bits per heavy atom. The molecule has 0 aromatic carbocycles. The normalized spacial score (nSPS) is 16.6. The van der Waals surface area contributed by atoms with E-state index >= 15 is 0 Å². The van der Waals surface area contributed by atoms with Gasteiger partial charge >= 0.3 is 0 Å². The van der Waals surface area contributed by atoms with Gasteiger partial charge < -0.3 is 4.74 Å². The molecule has 0 unspecified atom stereocenters. The van der Waals surface area contributed by atoms with Gasteiger partial charge in [-0.25, -0.2) is 26.9 Å². The summed E-state index contributed by atoms with van der Waals surface area (Å²) in [4.78, 5) is 4.13. The Morgan fingerprint density at radius 3 is 2.71 bits per heavy atom. The van der Waals surface area contributed by atoms with E-state index in [2.05, 4.69) is 35.8 Å². The van der Waals surface area contributed by atoms with Crippen molar-refractivity contribution in [2.75, 3.05) is 13.2 Å². The predicted molar refractivity (Wildman–Crippen MR) is 101 cm³/mol. The molecule has 0 bridgehead atoms. The molecule has 1 N–H and O–H groups in total. The number of rotatable bonds is 5. The monoisotopic (exact) mass is 513 g/mol. The number of ether oxygens (including phenoxy) is 1. The number of halogens is 4. The van der Waals surface area contributed by atoms with Gasteiger partial charge in [0.2, 0.25) is 10.0 Å². The summed E-state index contributed by atoms with van der Waals surface area (Å²) in [5.74, 6) is 0.142. The summed E-state index contributed by atoms with van der Waals surface area (Å²) in [7, 11) is -3.92. The number of nitrogens with zero attached hydrogens (tertiary/aromatic N) is 4. The molecule has 3 aromatic heterocycles. The SMILES string of the molecule is CC1(NS(=O)(=O)c2cc(Cl)c3c(Br)nc(-c4nnc(C(F)F)s4)n3c2)COC1. The van der Waals surface area contributed by atoms with Gasteiger partial charge in [0.25, 0.3) is 6.43 Å². The van der Waals surface area contributed by atoms with Crippen LogP contribution in [0.5, 0.6) is 0 Å². The number of nitrogens with one attached hydrogen (secondary N) is 1. The highest BCUT2D eigenvalue weighted by Gasteiger charge is 2.38. The van der Waals surface area contributed by atoms with Crippen LogP contribution in [-0.2, 0) is 14.8 Å². The van der Waals surface area contributed by atoms with Crippen LogP contribution in [0.1, 0.15) is 18.4 Å². The number of alkyl halides is 2. The van der Waals surface area contributed by atoms with Crippen LogP contribution in [0.3, 0.4) is 0 Å². The van der Waals surface area contributed by atoms with Crippen molar-refractivity contribution in [3.63, 3.8) is 0 Å².